The van der Waals surface area contributed by atoms with Crippen LogP contribution in [0.5, 0.6) is 5.88 Å². The normalized spacial score (nSPS) is 13.7. The molecule has 1 rings (SSSR count). The highest BCUT2D eigenvalue weighted by Gasteiger charge is 2.14. The summed E-state index contributed by atoms with van der Waals surface area (Å²) in [5.74, 6) is 0.854. The third-order valence-electron chi connectivity index (χ3n) is 2.85. The second-order valence-corrected chi connectivity index (χ2v) is 4.23. The molecule has 0 spiro atoms. The summed E-state index contributed by atoms with van der Waals surface area (Å²) in [6.07, 6.45) is 2.21. The largest absolute Gasteiger partial charge is 0.481 e. The molecule has 0 aliphatic rings. The number of nitrogens with zero attached hydrogens (tertiary/aromatic N) is 3. The first kappa shape index (κ1) is 14.2. The minimum Gasteiger partial charge on any atom is -0.481 e. The lowest BCUT2D eigenvalue weighted by Crippen LogP contribution is -2.33. The molecule has 6 heteroatoms. The Hall–Kier alpha value is -1.82. The van der Waals surface area contributed by atoms with Crippen molar-refractivity contribution in [2.24, 2.45) is 10.9 Å². The molecule has 3 N–H and O–H groups in total. The zero-order valence-electron chi connectivity index (χ0n) is 11.0. The van der Waals surface area contributed by atoms with E-state index in [0.717, 1.165) is 5.56 Å². The first-order valence-electron chi connectivity index (χ1n) is 5.73. The standard InChI is InChI=1S/C12H20N4O2/c1-9(7-11(13)15-17)16(2)8-10-5-4-6-14-12(10)18-3/h4-6,9,17H,7-8H2,1-3H3,(H2,13,15). The number of aromatic nitrogens is 1. The third kappa shape index (κ3) is 3.89. The van der Waals surface area contributed by atoms with Gasteiger partial charge in [-0.1, -0.05) is 11.2 Å². The van der Waals surface area contributed by atoms with Gasteiger partial charge >= 0.3 is 0 Å². The van der Waals surface area contributed by atoms with E-state index in [1.807, 2.05) is 26.1 Å². The number of hydrogen-bond acceptors (Lipinski definition) is 5. The van der Waals surface area contributed by atoms with E-state index in [1.54, 1.807) is 13.3 Å². The molecule has 0 bridgehead atoms. The number of pyridine rings is 1. The van der Waals surface area contributed by atoms with Crippen LogP contribution in [0.25, 0.3) is 0 Å². The van der Waals surface area contributed by atoms with Crippen LogP contribution in [0.4, 0.5) is 0 Å². The molecule has 1 aromatic heterocycles. The Morgan fingerprint density at radius 1 is 1.67 bits per heavy atom. The summed E-state index contributed by atoms with van der Waals surface area (Å²) < 4.78 is 5.20. The van der Waals surface area contributed by atoms with E-state index in [9.17, 15) is 0 Å². The van der Waals surface area contributed by atoms with E-state index in [1.165, 1.54) is 0 Å². The minimum atomic E-state index is 0.158. The van der Waals surface area contributed by atoms with Gasteiger partial charge in [-0.2, -0.15) is 0 Å². The number of hydrogen-bond donors (Lipinski definition) is 2. The summed E-state index contributed by atoms with van der Waals surface area (Å²) in [4.78, 5) is 6.24. The molecule has 0 saturated heterocycles. The van der Waals surface area contributed by atoms with E-state index in [0.29, 0.717) is 18.8 Å². The Balaban J connectivity index is 2.66. The van der Waals surface area contributed by atoms with E-state index >= 15 is 0 Å². The van der Waals surface area contributed by atoms with Crippen molar-refractivity contribution in [2.75, 3.05) is 14.2 Å². The number of rotatable bonds is 6. The summed E-state index contributed by atoms with van der Waals surface area (Å²) >= 11 is 0. The summed E-state index contributed by atoms with van der Waals surface area (Å²) in [6, 6.07) is 4.00. The molecule has 0 aliphatic carbocycles. The Bertz CT molecular complexity index is 409. The summed E-state index contributed by atoms with van der Waals surface area (Å²) in [6.45, 7) is 2.71. The lowest BCUT2D eigenvalue weighted by Gasteiger charge is -2.24. The number of oxime groups is 1. The molecule has 0 aliphatic heterocycles. The van der Waals surface area contributed by atoms with Crippen molar-refractivity contribution in [3.63, 3.8) is 0 Å². The Labute approximate surface area is 107 Å². The Morgan fingerprint density at radius 2 is 2.39 bits per heavy atom. The van der Waals surface area contributed by atoms with Crippen LogP contribution in [0.2, 0.25) is 0 Å². The van der Waals surface area contributed by atoms with Gasteiger partial charge in [0.25, 0.3) is 0 Å². The van der Waals surface area contributed by atoms with Gasteiger partial charge in [0.15, 0.2) is 0 Å². The molecule has 0 fully saturated rings. The molecule has 0 radical (unpaired) electrons. The lowest BCUT2D eigenvalue weighted by molar-refractivity contribution is 0.246. The molecule has 100 valence electrons. The van der Waals surface area contributed by atoms with Crippen molar-refractivity contribution < 1.29 is 9.94 Å². The fourth-order valence-electron chi connectivity index (χ4n) is 1.65. The average molecular weight is 252 g/mol. The van der Waals surface area contributed by atoms with Gasteiger partial charge in [-0.05, 0) is 20.0 Å². The van der Waals surface area contributed by atoms with Gasteiger partial charge in [-0.15, -0.1) is 0 Å². The lowest BCUT2D eigenvalue weighted by atomic mass is 10.1. The van der Waals surface area contributed by atoms with Crippen LogP contribution in [-0.2, 0) is 6.54 Å². The smallest absolute Gasteiger partial charge is 0.217 e. The molecule has 0 aromatic carbocycles. The first-order chi connectivity index (χ1) is 8.58. The number of nitrogens with two attached hydrogens (primary N) is 1. The van der Waals surface area contributed by atoms with E-state index < -0.39 is 0 Å². The van der Waals surface area contributed by atoms with Gasteiger partial charge in [0.1, 0.15) is 5.84 Å². The van der Waals surface area contributed by atoms with Crippen LogP contribution in [0.3, 0.4) is 0 Å². The molecule has 6 nitrogen and oxygen atoms in total. The van der Waals surface area contributed by atoms with Gasteiger partial charge < -0.3 is 15.7 Å². The predicted molar refractivity (Wildman–Crippen MR) is 69.7 cm³/mol. The van der Waals surface area contributed by atoms with Crippen molar-refractivity contribution in [1.82, 2.24) is 9.88 Å². The van der Waals surface area contributed by atoms with Crippen molar-refractivity contribution >= 4 is 5.84 Å². The highest BCUT2D eigenvalue weighted by atomic mass is 16.5. The van der Waals surface area contributed by atoms with Crippen LogP contribution in [0.15, 0.2) is 23.5 Å². The predicted octanol–water partition coefficient (Wildman–Crippen LogP) is 1.05. The van der Waals surface area contributed by atoms with Crippen LogP contribution in [0, 0.1) is 0 Å². The average Bonchev–Trinajstić information content (AvgIpc) is 2.39. The van der Waals surface area contributed by atoms with E-state index in [4.69, 9.17) is 15.7 Å². The van der Waals surface area contributed by atoms with Crippen molar-refractivity contribution in [3.8, 4) is 5.88 Å². The monoisotopic (exact) mass is 252 g/mol. The maximum atomic E-state index is 8.55. The summed E-state index contributed by atoms with van der Waals surface area (Å²) in [7, 11) is 3.58. The molecule has 0 amide bonds. The van der Waals surface area contributed by atoms with Gasteiger partial charge in [0.05, 0.1) is 7.11 Å². The second kappa shape index (κ2) is 6.80. The van der Waals surface area contributed by atoms with Gasteiger partial charge in [0.2, 0.25) is 5.88 Å². The van der Waals surface area contributed by atoms with Crippen LogP contribution in [-0.4, -0.2) is 41.1 Å². The second-order valence-electron chi connectivity index (χ2n) is 4.23. The maximum absolute atomic E-state index is 8.55. The number of ether oxygens (including phenoxy) is 1. The molecule has 1 aromatic rings. The van der Waals surface area contributed by atoms with E-state index in [-0.39, 0.29) is 11.9 Å². The molecular formula is C12H20N4O2. The third-order valence-corrected chi connectivity index (χ3v) is 2.85. The molecule has 1 unspecified atom stereocenters. The van der Waals surface area contributed by atoms with Crippen molar-refractivity contribution in [1.29, 1.82) is 0 Å². The Morgan fingerprint density at radius 3 is 3.00 bits per heavy atom. The fourth-order valence-corrected chi connectivity index (χ4v) is 1.65. The van der Waals surface area contributed by atoms with Crippen molar-refractivity contribution in [3.05, 3.63) is 23.9 Å². The number of methoxy groups -OCH3 is 1. The first-order valence-corrected chi connectivity index (χ1v) is 5.73. The molecular weight excluding hydrogens is 232 g/mol. The van der Waals surface area contributed by atoms with Crippen LogP contribution in [0.1, 0.15) is 18.9 Å². The van der Waals surface area contributed by atoms with Crippen LogP contribution < -0.4 is 10.5 Å². The van der Waals surface area contributed by atoms with Gasteiger partial charge in [-0.25, -0.2) is 4.98 Å². The summed E-state index contributed by atoms with van der Waals surface area (Å²) in [5.41, 5.74) is 6.51. The topological polar surface area (TPSA) is 84.0 Å². The highest BCUT2D eigenvalue weighted by molar-refractivity contribution is 5.80. The zero-order valence-corrected chi connectivity index (χ0v) is 11.0. The van der Waals surface area contributed by atoms with Gasteiger partial charge in [-0.3, -0.25) is 4.90 Å². The molecule has 1 atom stereocenters. The maximum Gasteiger partial charge on any atom is 0.217 e. The molecule has 0 saturated carbocycles. The zero-order chi connectivity index (χ0) is 13.5. The Kier molecular flexibility index (Phi) is 5.38. The van der Waals surface area contributed by atoms with Gasteiger partial charge in [0, 0.05) is 30.8 Å². The highest BCUT2D eigenvalue weighted by Crippen LogP contribution is 2.17. The molecule has 18 heavy (non-hydrogen) atoms. The number of amidine groups is 1. The SMILES string of the molecule is COc1ncccc1CN(C)C(C)CC(N)=NO. The van der Waals surface area contributed by atoms with E-state index in [2.05, 4.69) is 15.0 Å². The summed E-state index contributed by atoms with van der Waals surface area (Å²) in [5, 5.41) is 11.5. The van der Waals surface area contributed by atoms with Crippen LogP contribution >= 0.6 is 0 Å². The fraction of sp³-hybridized carbons (Fsp3) is 0.500. The quantitative estimate of drug-likeness (QED) is 0.342. The minimum absolute atomic E-state index is 0.158. The van der Waals surface area contributed by atoms with Crippen molar-refractivity contribution in [2.45, 2.75) is 25.9 Å². The molecule has 1 heterocycles.